The number of carbonyl (C=O) groups excluding carboxylic acids is 3. The number of carbonyl (C=O) groups is 3. The molecule has 0 fully saturated rings. The van der Waals surface area contributed by atoms with Crippen LogP contribution in [-0.4, -0.2) is 42.7 Å². The number of benzene rings is 2. The molecule has 2 aromatic carbocycles. The van der Waals surface area contributed by atoms with E-state index < -0.39 is 79.5 Å². The Morgan fingerprint density at radius 3 is 2.08 bits per heavy atom. The minimum absolute atomic E-state index is 0.268. The fourth-order valence-corrected chi connectivity index (χ4v) is 4.35. The zero-order valence-corrected chi connectivity index (χ0v) is 20.3. The standard InChI is InChI=1S/C25H25F7N4O3/c26-14-5-7-15(8-6-14)36-13-19(23(39)34-18-3-1-2-4-20(18)36)35-22(38)17(10-12-25(30,31)32)16(21(33)37)9-11-24(27,28)29/h1-8,16-17,19H,9-13H2,(H2,33,37)(H,34,39)(H,35,38)/t16-,17+,19-/m0/s1. The molecule has 0 aliphatic carbocycles. The van der Waals surface area contributed by atoms with E-state index in [2.05, 4.69) is 10.6 Å². The van der Waals surface area contributed by atoms with Gasteiger partial charge in [-0.25, -0.2) is 4.39 Å². The summed E-state index contributed by atoms with van der Waals surface area (Å²) in [5.74, 6) is -7.65. The van der Waals surface area contributed by atoms with Crippen LogP contribution >= 0.6 is 0 Å². The average Bonchev–Trinajstić information content (AvgIpc) is 2.96. The number of anilines is 3. The number of fused-ring (bicyclic) bond motifs is 1. The number of rotatable bonds is 9. The van der Waals surface area contributed by atoms with Gasteiger partial charge in [0.15, 0.2) is 0 Å². The highest BCUT2D eigenvalue weighted by atomic mass is 19.4. The summed E-state index contributed by atoms with van der Waals surface area (Å²) in [6, 6.07) is 10.2. The summed E-state index contributed by atoms with van der Waals surface area (Å²) >= 11 is 0. The van der Waals surface area contributed by atoms with Crippen molar-refractivity contribution in [1.82, 2.24) is 5.32 Å². The van der Waals surface area contributed by atoms with Crippen LogP contribution in [-0.2, 0) is 14.4 Å². The molecule has 0 saturated carbocycles. The molecule has 1 aliphatic heterocycles. The summed E-state index contributed by atoms with van der Waals surface area (Å²) in [5.41, 5.74) is 6.40. The third-order valence-electron chi connectivity index (χ3n) is 6.25. The molecule has 3 atom stereocenters. The monoisotopic (exact) mass is 562 g/mol. The van der Waals surface area contributed by atoms with Crippen LogP contribution in [0.15, 0.2) is 48.5 Å². The van der Waals surface area contributed by atoms with Gasteiger partial charge in [0.25, 0.3) is 0 Å². The molecule has 39 heavy (non-hydrogen) atoms. The Balaban J connectivity index is 1.91. The Labute approximate surface area is 218 Å². The van der Waals surface area contributed by atoms with E-state index in [1.807, 2.05) is 0 Å². The van der Waals surface area contributed by atoms with Crippen LogP contribution < -0.4 is 21.3 Å². The van der Waals surface area contributed by atoms with Crippen LogP contribution in [0.4, 0.5) is 47.8 Å². The lowest BCUT2D eigenvalue weighted by atomic mass is 9.83. The summed E-state index contributed by atoms with van der Waals surface area (Å²) in [4.78, 5) is 39.8. The van der Waals surface area contributed by atoms with Gasteiger partial charge in [0.2, 0.25) is 17.7 Å². The quantitative estimate of drug-likeness (QED) is 0.382. The fraction of sp³-hybridized carbons (Fsp3) is 0.400. The Morgan fingerprint density at radius 2 is 1.51 bits per heavy atom. The molecule has 1 heterocycles. The zero-order valence-electron chi connectivity index (χ0n) is 20.3. The first-order valence-electron chi connectivity index (χ1n) is 11.8. The number of nitrogens with two attached hydrogens (primary N) is 1. The Hall–Kier alpha value is -3.84. The van der Waals surface area contributed by atoms with Crippen LogP contribution in [0.5, 0.6) is 0 Å². The van der Waals surface area contributed by atoms with Gasteiger partial charge in [-0.15, -0.1) is 0 Å². The molecule has 2 aromatic rings. The molecule has 0 spiro atoms. The number of nitrogens with one attached hydrogen (secondary N) is 2. The molecule has 0 unspecified atom stereocenters. The van der Waals surface area contributed by atoms with E-state index in [-0.39, 0.29) is 6.54 Å². The van der Waals surface area contributed by atoms with E-state index in [9.17, 15) is 45.1 Å². The second-order valence-corrected chi connectivity index (χ2v) is 9.08. The molecular weight excluding hydrogens is 537 g/mol. The molecule has 1 aliphatic rings. The number of para-hydroxylation sites is 2. The summed E-state index contributed by atoms with van der Waals surface area (Å²) in [6.07, 6.45) is -14.7. The van der Waals surface area contributed by atoms with E-state index in [1.54, 1.807) is 29.2 Å². The first kappa shape index (κ1) is 29.7. The molecular formula is C25H25F7N4O3. The number of hydrogen-bond donors (Lipinski definition) is 3. The van der Waals surface area contributed by atoms with Crippen molar-refractivity contribution < 1.29 is 45.1 Å². The molecule has 7 nitrogen and oxygen atoms in total. The van der Waals surface area contributed by atoms with E-state index >= 15 is 0 Å². The molecule has 4 N–H and O–H groups in total. The number of halogens is 7. The van der Waals surface area contributed by atoms with Crippen LogP contribution in [0.2, 0.25) is 0 Å². The third kappa shape index (κ3) is 8.32. The molecule has 0 bridgehead atoms. The van der Waals surface area contributed by atoms with Gasteiger partial charge in [0.05, 0.1) is 17.9 Å². The number of amides is 3. The summed E-state index contributed by atoms with van der Waals surface area (Å²) in [6.45, 7) is -0.268. The average molecular weight is 562 g/mol. The van der Waals surface area contributed by atoms with Crippen molar-refractivity contribution in [1.29, 1.82) is 0 Å². The van der Waals surface area contributed by atoms with Gasteiger partial charge in [-0.3, -0.25) is 14.4 Å². The van der Waals surface area contributed by atoms with Gasteiger partial charge in [0, 0.05) is 30.4 Å². The second-order valence-electron chi connectivity index (χ2n) is 9.08. The van der Waals surface area contributed by atoms with Crippen LogP contribution in [0, 0.1) is 17.7 Å². The van der Waals surface area contributed by atoms with E-state index in [0.29, 0.717) is 17.1 Å². The topological polar surface area (TPSA) is 105 Å². The maximum Gasteiger partial charge on any atom is 0.389 e. The maximum absolute atomic E-state index is 13.5. The molecule has 14 heteroatoms. The highest BCUT2D eigenvalue weighted by Crippen LogP contribution is 2.36. The second kappa shape index (κ2) is 11.9. The van der Waals surface area contributed by atoms with Crippen LogP contribution in [0.3, 0.4) is 0 Å². The Morgan fingerprint density at radius 1 is 0.949 bits per heavy atom. The minimum atomic E-state index is -4.77. The van der Waals surface area contributed by atoms with Crippen molar-refractivity contribution in [3.05, 3.63) is 54.3 Å². The van der Waals surface area contributed by atoms with Crippen molar-refractivity contribution in [3.8, 4) is 0 Å². The summed E-state index contributed by atoms with van der Waals surface area (Å²) < 4.78 is 91.0. The first-order chi connectivity index (χ1) is 18.1. The maximum atomic E-state index is 13.5. The zero-order chi connectivity index (χ0) is 29.0. The highest BCUT2D eigenvalue weighted by molar-refractivity contribution is 6.02. The van der Waals surface area contributed by atoms with E-state index in [4.69, 9.17) is 5.73 Å². The van der Waals surface area contributed by atoms with Crippen molar-refractivity contribution in [2.24, 2.45) is 17.6 Å². The number of nitrogens with zero attached hydrogens (tertiary/aromatic N) is 1. The predicted molar refractivity (Wildman–Crippen MR) is 127 cm³/mol. The lowest BCUT2D eigenvalue weighted by molar-refractivity contribution is -0.152. The van der Waals surface area contributed by atoms with Gasteiger partial charge in [-0.1, -0.05) is 12.1 Å². The molecule has 3 amide bonds. The number of hydrogen-bond acceptors (Lipinski definition) is 4. The summed E-state index contributed by atoms with van der Waals surface area (Å²) in [5, 5.41) is 4.89. The summed E-state index contributed by atoms with van der Waals surface area (Å²) in [7, 11) is 0. The van der Waals surface area contributed by atoms with Crippen molar-refractivity contribution in [2.45, 2.75) is 44.1 Å². The number of alkyl halides is 6. The highest BCUT2D eigenvalue weighted by Gasteiger charge is 2.41. The van der Waals surface area contributed by atoms with E-state index in [0.717, 1.165) is 12.1 Å². The molecule has 0 saturated heterocycles. The normalized spacial score (nSPS) is 17.5. The lowest BCUT2D eigenvalue weighted by Gasteiger charge is -2.29. The van der Waals surface area contributed by atoms with Crippen molar-refractivity contribution in [2.75, 3.05) is 16.8 Å². The van der Waals surface area contributed by atoms with E-state index in [1.165, 1.54) is 12.1 Å². The Bertz CT molecular complexity index is 1190. The van der Waals surface area contributed by atoms with Gasteiger partial charge >= 0.3 is 12.4 Å². The molecule has 0 radical (unpaired) electrons. The molecule has 3 rings (SSSR count). The first-order valence-corrected chi connectivity index (χ1v) is 11.8. The smallest absolute Gasteiger partial charge is 0.369 e. The van der Waals surface area contributed by atoms with Gasteiger partial charge < -0.3 is 21.3 Å². The molecule has 0 aromatic heterocycles. The van der Waals surface area contributed by atoms with Crippen molar-refractivity contribution >= 4 is 34.8 Å². The van der Waals surface area contributed by atoms with Crippen LogP contribution in [0.25, 0.3) is 0 Å². The largest absolute Gasteiger partial charge is 0.389 e. The van der Waals surface area contributed by atoms with Gasteiger partial charge in [-0.05, 0) is 49.2 Å². The van der Waals surface area contributed by atoms with Crippen LogP contribution in [0.1, 0.15) is 25.7 Å². The lowest BCUT2D eigenvalue weighted by Crippen LogP contribution is -2.52. The number of primary amides is 1. The van der Waals surface area contributed by atoms with Crippen molar-refractivity contribution in [3.63, 3.8) is 0 Å². The third-order valence-corrected chi connectivity index (χ3v) is 6.25. The SMILES string of the molecule is NC(=O)[C@@H](CCC(F)(F)F)[C@@H](CCC(F)(F)F)C(=O)N[C@H]1CN(c2ccc(F)cc2)c2ccccc2NC1=O. The van der Waals surface area contributed by atoms with Gasteiger partial charge in [0.1, 0.15) is 11.9 Å². The minimum Gasteiger partial charge on any atom is -0.369 e. The predicted octanol–water partition coefficient (Wildman–Crippen LogP) is 4.80. The fourth-order valence-electron chi connectivity index (χ4n) is 4.35. The molecule has 212 valence electrons. The Kier molecular flexibility index (Phi) is 9.07. The van der Waals surface area contributed by atoms with Gasteiger partial charge in [-0.2, -0.15) is 26.3 Å².